The van der Waals surface area contributed by atoms with E-state index in [4.69, 9.17) is 9.47 Å². The van der Waals surface area contributed by atoms with Crippen molar-refractivity contribution in [1.29, 1.82) is 0 Å². The summed E-state index contributed by atoms with van der Waals surface area (Å²) >= 11 is 0. The maximum atomic E-state index is 13.4. The van der Waals surface area contributed by atoms with Gasteiger partial charge in [-0.2, -0.15) is 0 Å². The molecule has 0 bridgehead atoms. The minimum atomic E-state index is -1.62. The maximum absolute atomic E-state index is 13.4. The molecule has 0 saturated carbocycles. The maximum Gasteiger partial charge on any atom is 0.186 e. The third-order valence-corrected chi connectivity index (χ3v) is 10.1. The summed E-state index contributed by atoms with van der Waals surface area (Å²) in [7, 11) is 0. The Kier molecular flexibility index (Phi) is 25.2. The molecule has 278 valence electrons. The summed E-state index contributed by atoms with van der Waals surface area (Å²) < 4.78 is 11.1. The molecule has 0 aliphatic carbocycles. The summed E-state index contributed by atoms with van der Waals surface area (Å²) in [6.45, 7) is 8.09. The highest BCUT2D eigenvalue weighted by Gasteiger charge is 2.44. The van der Waals surface area contributed by atoms with Crippen LogP contribution in [0.15, 0.2) is 12.2 Å². The molecule has 0 spiro atoms. The summed E-state index contributed by atoms with van der Waals surface area (Å²) in [5.74, 6) is -0.0767. The molecule has 1 aliphatic heterocycles. The van der Waals surface area contributed by atoms with Gasteiger partial charge >= 0.3 is 0 Å². The number of allylic oxidation sites excluding steroid dienone is 1. The van der Waals surface area contributed by atoms with Gasteiger partial charge in [-0.1, -0.05) is 143 Å². The minimum Gasteiger partial charge on any atom is -0.394 e. The summed E-state index contributed by atoms with van der Waals surface area (Å²) in [6.07, 6.45) is 14.2. The Balaban J connectivity index is 2.60. The predicted molar refractivity (Wildman–Crippen MR) is 187 cm³/mol. The number of ketones is 1. The van der Waals surface area contributed by atoms with Gasteiger partial charge in [0, 0.05) is 0 Å². The topological polar surface area (TPSA) is 157 Å². The molecular formula is C38H72O9. The molecule has 47 heavy (non-hydrogen) atoms. The van der Waals surface area contributed by atoms with Gasteiger partial charge in [0.05, 0.1) is 25.2 Å². The van der Waals surface area contributed by atoms with Gasteiger partial charge in [0.15, 0.2) is 12.1 Å². The van der Waals surface area contributed by atoms with Crippen LogP contribution in [0.3, 0.4) is 0 Å². The number of hydrogen-bond donors (Lipinski definition) is 6. The number of rotatable bonds is 29. The first-order chi connectivity index (χ1) is 22.6. The number of carbonyl (C=O) groups excluding carboxylic acids is 1. The largest absolute Gasteiger partial charge is 0.394 e. The zero-order chi connectivity index (χ0) is 35.0. The van der Waals surface area contributed by atoms with Crippen LogP contribution in [0, 0.1) is 17.8 Å². The summed E-state index contributed by atoms with van der Waals surface area (Å²) in [5.41, 5.74) is 0. The molecule has 0 aromatic carbocycles. The average Bonchev–Trinajstić information content (AvgIpc) is 3.07. The summed E-state index contributed by atoms with van der Waals surface area (Å²) in [4.78, 5) is 13.4. The Labute approximate surface area is 286 Å². The first-order valence-electron chi connectivity index (χ1n) is 19.1. The fraction of sp³-hybridized carbons (Fsp3) is 0.921. The van der Waals surface area contributed by atoms with Gasteiger partial charge in [-0.15, -0.1) is 0 Å². The third kappa shape index (κ3) is 18.6. The molecule has 1 rings (SSSR count). The summed E-state index contributed by atoms with van der Waals surface area (Å²) in [5, 5.41) is 61.8. The Morgan fingerprint density at radius 1 is 0.723 bits per heavy atom. The second-order valence-electron chi connectivity index (χ2n) is 14.3. The van der Waals surface area contributed by atoms with Crippen molar-refractivity contribution >= 4 is 5.78 Å². The van der Waals surface area contributed by atoms with Crippen LogP contribution in [0.25, 0.3) is 0 Å². The molecule has 1 aliphatic rings. The van der Waals surface area contributed by atoms with Crippen molar-refractivity contribution < 1.29 is 44.9 Å². The van der Waals surface area contributed by atoms with Gasteiger partial charge in [-0.05, 0) is 31.1 Å². The Hall–Kier alpha value is -0.910. The first-order valence-corrected chi connectivity index (χ1v) is 19.1. The van der Waals surface area contributed by atoms with Crippen molar-refractivity contribution in [3.05, 3.63) is 12.2 Å². The van der Waals surface area contributed by atoms with Crippen molar-refractivity contribution in [2.75, 3.05) is 13.2 Å². The van der Waals surface area contributed by atoms with Crippen molar-refractivity contribution in [3.8, 4) is 0 Å². The monoisotopic (exact) mass is 673 g/mol. The van der Waals surface area contributed by atoms with Gasteiger partial charge in [0.2, 0.25) is 0 Å². The number of aliphatic hydroxyl groups excluding tert-OH is 6. The van der Waals surface area contributed by atoms with E-state index in [-0.39, 0.29) is 13.0 Å². The highest BCUT2D eigenvalue weighted by Crippen LogP contribution is 2.24. The van der Waals surface area contributed by atoms with Gasteiger partial charge in [0.1, 0.15) is 30.5 Å². The first kappa shape index (κ1) is 44.1. The highest BCUT2D eigenvalue weighted by atomic mass is 16.7. The van der Waals surface area contributed by atoms with Crippen LogP contribution >= 0.6 is 0 Å². The van der Waals surface area contributed by atoms with Crippen LogP contribution in [0.4, 0.5) is 0 Å². The van der Waals surface area contributed by atoms with E-state index in [0.29, 0.717) is 6.42 Å². The standard InChI is InChI=1S/C38H72O9/c1-5-28(3)22-18-14-10-7-8-12-16-20-24-31(40)30(27-46-38-37(45)36(44)35(43)33(26-39)47-38)34(42)32(41)25-21-17-13-9-11-15-19-23-29(4)6-2/h20,24,28-33,35-41,43-45H,5-19,21-23,25-27H2,1-4H3/b24-20+/t28?,29?,30-,31+,32+,33+,35-,36-,37+,38+/m0/s1. The predicted octanol–water partition coefficient (Wildman–Crippen LogP) is 5.99. The van der Waals surface area contributed by atoms with Crippen molar-refractivity contribution in [2.24, 2.45) is 17.8 Å². The molecule has 0 aromatic heterocycles. The lowest BCUT2D eigenvalue weighted by atomic mass is 9.91. The lowest BCUT2D eigenvalue weighted by Gasteiger charge is -2.40. The lowest BCUT2D eigenvalue weighted by Crippen LogP contribution is -2.59. The third-order valence-electron chi connectivity index (χ3n) is 10.1. The Morgan fingerprint density at radius 2 is 1.21 bits per heavy atom. The van der Waals surface area contributed by atoms with Crippen LogP contribution in [0.1, 0.15) is 150 Å². The highest BCUT2D eigenvalue weighted by molar-refractivity contribution is 5.86. The van der Waals surface area contributed by atoms with Crippen LogP contribution in [0.2, 0.25) is 0 Å². The number of carbonyl (C=O) groups is 1. The average molecular weight is 673 g/mol. The SMILES string of the molecule is CCC(C)CCCCCCCC/C=C/[C@@H](O)[C@H](CO[C@@H]1O[C@H](CO)[C@H](O)[C@H](O)[C@H]1O)C(=O)[C@H](O)CCCCCCCCCC(C)CC. The smallest absolute Gasteiger partial charge is 0.186 e. The molecule has 1 fully saturated rings. The Bertz CT molecular complexity index is 791. The Morgan fingerprint density at radius 3 is 1.72 bits per heavy atom. The van der Waals surface area contributed by atoms with E-state index in [9.17, 15) is 35.4 Å². The second-order valence-corrected chi connectivity index (χ2v) is 14.3. The van der Waals surface area contributed by atoms with Crippen molar-refractivity contribution in [1.82, 2.24) is 0 Å². The van der Waals surface area contributed by atoms with E-state index < -0.39 is 61.2 Å². The van der Waals surface area contributed by atoms with Crippen LogP contribution < -0.4 is 0 Å². The van der Waals surface area contributed by atoms with Gasteiger partial charge in [0.25, 0.3) is 0 Å². The zero-order valence-corrected chi connectivity index (χ0v) is 30.2. The van der Waals surface area contributed by atoms with E-state index in [1.165, 1.54) is 70.6 Å². The lowest BCUT2D eigenvalue weighted by molar-refractivity contribution is -0.303. The van der Waals surface area contributed by atoms with Crippen molar-refractivity contribution in [3.63, 3.8) is 0 Å². The molecule has 0 amide bonds. The fourth-order valence-electron chi connectivity index (χ4n) is 6.10. The number of hydrogen-bond acceptors (Lipinski definition) is 9. The number of aliphatic hydroxyl groups is 6. The van der Waals surface area contributed by atoms with E-state index in [1.807, 2.05) is 6.08 Å². The van der Waals surface area contributed by atoms with Crippen LogP contribution in [-0.2, 0) is 14.3 Å². The van der Waals surface area contributed by atoms with Gasteiger partial charge in [-0.25, -0.2) is 0 Å². The normalized spacial score (nSPS) is 25.1. The van der Waals surface area contributed by atoms with E-state index in [1.54, 1.807) is 6.08 Å². The molecular weight excluding hydrogens is 600 g/mol. The molecule has 1 saturated heterocycles. The van der Waals surface area contributed by atoms with E-state index in [2.05, 4.69) is 27.7 Å². The number of ether oxygens (including phenoxy) is 2. The second kappa shape index (κ2) is 26.9. The van der Waals surface area contributed by atoms with Crippen LogP contribution in [0.5, 0.6) is 0 Å². The molecule has 9 heteroatoms. The van der Waals surface area contributed by atoms with E-state index in [0.717, 1.165) is 50.4 Å². The molecule has 9 nitrogen and oxygen atoms in total. The van der Waals surface area contributed by atoms with Gasteiger partial charge < -0.3 is 40.1 Å². The van der Waals surface area contributed by atoms with Crippen LogP contribution in [-0.4, -0.2) is 92.5 Å². The molecule has 6 N–H and O–H groups in total. The zero-order valence-electron chi connectivity index (χ0n) is 30.2. The molecule has 1 heterocycles. The van der Waals surface area contributed by atoms with Gasteiger partial charge in [-0.3, -0.25) is 4.79 Å². The molecule has 0 radical (unpaired) electrons. The molecule has 0 aromatic rings. The minimum absolute atomic E-state index is 0.289. The summed E-state index contributed by atoms with van der Waals surface area (Å²) in [6, 6.07) is 0. The fourth-order valence-corrected chi connectivity index (χ4v) is 6.10. The quantitative estimate of drug-likeness (QED) is 0.0415. The number of Topliss-reactive ketones (excluding diaryl/α,β-unsaturated/α-hetero) is 1. The number of unbranched alkanes of at least 4 members (excludes halogenated alkanes) is 12. The van der Waals surface area contributed by atoms with Crippen molar-refractivity contribution in [2.45, 2.75) is 193 Å². The van der Waals surface area contributed by atoms with E-state index >= 15 is 0 Å². The molecule has 10 atom stereocenters. The molecule has 2 unspecified atom stereocenters.